The summed E-state index contributed by atoms with van der Waals surface area (Å²) in [6.45, 7) is 3.00. The van der Waals surface area contributed by atoms with Crippen LogP contribution < -0.4 is 4.83 Å². The van der Waals surface area contributed by atoms with Crippen LogP contribution in [0.25, 0.3) is 0 Å². The average Bonchev–Trinajstić information content (AvgIpc) is 2.89. The fourth-order valence-electron chi connectivity index (χ4n) is 4.16. The zero-order chi connectivity index (χ0) is 24.7. The molecule has 0 bridgehead atoms. The zero-order valence-corrected chi connectivity index (χ0v) is 20.4. The standard InChI is InChI=1S/C27H29N3O4S/c1-21-10-8-9-15-25(21)35(32,33)29-28-26(23-13-6-3-7-14-23)24-16-18-30(19-17-24)27(31)34-20-22-11-4-2-5-12-22/h2-15,24,29H,16-20H2,1H3/b28-26+. The molecule has 3 aromatic rings. The first-order chi connectivity index (χ1) is 16.9. The van der Waals surface area contributed by atoms with Crippen LogP contribution in [0, 0.1) is 12.8 Å². The first-order valence-electron chi connectivity index (χ1n) is 11.6. The van der Waals surface area contributed by atoms with Gasteiger partial charge in [-0.1, -0.05) is 78.9 Å². The topological polar surface area (TPSA) is 88.1 Å². The van der Waals surface area contributed by atoms with Crippen molar-refractivity contribution in [3.63, 3.8) is 0 Å². The SMILES string of the molecule is Cc1ccccc1S(=O)(=O)N/N=C(\c1ccccc1)C1CCN(C(=O)OCc2ccccc2)CC1. The van der Waals surface area contributed by atoms with Gasteiger partial charge >= 0.3 is 6.09 Å². The Bertz CT molecular complexity index is 1270. The summed E-state index contributed by atoms with van der Waals surface area (Å²) >= 11 is 0. The average molecular weight is 492 g/mol. The lowest BCUT2D eigenvalue weighted by Crippen LogP contribution is -2.41. The Morgan fingerprint density at radius 3 is 2.20 bits per heavy atom. The molecule has 1 amide bonds. The van der Waals surface area contributed by atoms with Gasteiger partial charge in [0, 0.05) is 19.0 Å². The minimum Gasteiger partial charge on any atom is -0.445 e. The van der Waals surface area contributed by atoms with Crippen LogP contribution in [0.4, 0.5) is 4.79 Å². The first-order valence-corrected chi connectivity index (χ1v) is 13.1. The predicted molar refractivity (Wildman–Crippen MR) is 135 cm³/mol. The van der Waals surface area contributed by atoms with Crippen LogP contribution in [0.2, 0.25) is 0 Å². The van der Waals surface area contributed by atoms with E-state index in [-0.39, 0.29) is 23.5 Å². The van der Waals surface area contributed by atoms with Crippen LogP contribution in [-0.4, -0.2) is 38.2 Å². The molecule has 7 nitrogen and oxygen atoms in total. The Hall–Kier alpha value is -3.65. The summed E-state index contributed by atoms with van der Waals surface area (Å²) < 4.78 is 31.3. The summed E-state index contributed by atoms with van der Waals surface area (Å²) in [6, 6.07) is 25.9. The Morgan fingerprint density at radius 1 is 0.943 bits per heavy atom. The highest BCUT2D eigenvalue weighted by Crippen LogP contribution is 2.24. The molecule has 0 aromatic heterocycles. The van der Waals surface area contributed by atoms with Crippen LogP contribution in [0.1, 0.15) is 29.5 Å². The highest BCUT2D eigenvalue weighted by molar-refractivity contribution is 7.89. The number of carbonyl (C=O) groups excluding carboxylic acids is 1. The third-order valence-electron chi connectivity index (χ3n) is 6.08. The molecule has 1 aliphatic heterocycles. The molecule has 8 heteroatoms. The van der Waals surface area contributed by atoms with Gasteiger partial charge < -0.3 is 9.64 Å². The fourth-order valence-corrected chi connectivity index (χ4v) is 5.23. The van der Waals surface area contributed by atoms with E-state index >= 15 is 0 Å². The smallest absolute Gasteiger partial charge is 0.410 e. The van der Waals surface area contributed by atoms with E-state index in [0.717, 1.165) is 11.1 Å². The lowest BCUT2D eigenvalue weighted by Gasteiger charge is -2.32. The number of benzene rings is 3. The van der Waals surface area contributed by atoms with Gasteiger partial charge in [-0.2, -0.15) is 18.4 Å². The summed E-state index contributed by atoms with van der Waals surface area (Å²) in [5.41, 5.74) is 3.11. The molecule has 0 aliphatic carbocycles. The van der Waals surface area contributed by atoms with Crippen LogP contribution in [0.15, 0.2) is 94.9 Å². The number of amides is 1. The van der Waals surface area contributed by atoms with E-state index in [1.54, 1.807) is 36.1 Å². The van der Waals surface area contributed by atoms with E-state index in [4.69, 9.17) is 4.74 Å². The summed E-state index contributed by atoms with van der Waals surface area (Å²) in [5.74, 6) is -0.00450. The molecule has 1 fully saturated rings. The van der Waals surface area contributed by atoms with Crippen molar-refractivity contribution in [2.75, 3.05) is 13.1 Å². The Morgan fingerprint density at radius 2 is 1.54 bits per heavy atom. The minimum absolute atomic E-state index is 0.00450. The molecule has 0 saturated carbocycles. The summed E-state index contributed by atoms with van der Waals surface area (Å²) in [5, 5.41) is 4.40. The van der Waals surface area contributed by atoms with Gasteiger partial charge in [-0.25, -0.2) is 4.79 Å². The predicted octanol–water partition coefficient (Wildman–Crippen LogP) is 4.73. The Balaban J connectivity index is 1.45. The van der Waals surface area contributed by atoms with Crippen molar-refractivity contribution in [3.8, 4) is 0 Å². The fraction of sp³-hybridized carbons (Fsp3) is 0.259. The van der Waals surface area contributed by atoms with Gasteiger partial charge in [0.25, 0.3) is 10.0 Å². The second-order valence-corrected chi connectivity index (χ2v) is 10.2. The molecule has 3 aromatic carbocycles. The first kappa shape index (κ1) is 24.5. The molecule has 1 saturated heterocycles. The molecule has 0 radical (unpaired) electrons. The van der Waals surface area contributed by atoms with Gasteiger partial charge in [-0.3, -0.25) is 0 Å². The number of hydrogen-bond acceptors (Lipinski definition) is 5. The van der Waals surface area contributed by atoms with Crippen molar-refractivity contribution in [2.45, 2.75) is 31.3 Å². The monoisotopic (exact) mass is 491 g/mol. The second-order valence-electron chi connectivity index (χ2n) is 8.52. The van der Waals surface area contributed by atoms with Crippen molar-refractivity contribution >= 4 is 21.8 Å². The quantitative estimate of drug-likeness (QED) is 0.382. The molecule has 182 valence electrons. The van der Waals surface area contributed by atoms with Crippen LogP contribution in [-0.2, 0) is 21.4 Å². The third kappa shape index (κ3) is 6.27. The minimum atomic E-state index is -3.81. The molecule has 1 heterocycles. The van der Waals surface area contributed by atoms with Crippen molar-refractivity contribution in [2.24, 2.45) is 11.0 Å². The summed E-state index contributed by atoms with van der Waals surface area (Å²) in [7, 11) is -3.81. The maximum Gasteiger partial charge on any atom is 0.410 e. The molecule has 0 unspecified atom stereocenters. The number of aryl methyl sites for hydroxylation is 1. The zero-order valence-electron chi connectivity index (χ0n) is 19.6. The lowest BCUT2D eigenvalue weighted by atomic mass is 9.88. The lowest BCUT2D eigenvalue weighted by molar-refractivity contribution is 0.0864. The van der Waals surface area contributed by atoms with Crippen LogP contribution >= 0.6 is 0 Å². The van der Waals surface area contributed by atoms with Gasteiger partial charge in [0.15, 0.2) is 0 Å². The molecule has 35 heavy (non-hydrogen) atoms. The van der Waals surface area contributed by atoms with Crippen molar-refractivity contribution in [3.05, 3.63) is 102 Å². The van der Waals surface area contributed by atoms with Crippen molar-refractivity contribution < 1.29 is 17.9 Å². The Kier molecular flexibility index (Phi) is 7.82. The van der Waals surface area contributed by atoms with Crippen molar-refractivity contribution in [1.82, 2.24) is 9.73 Å². The molecule has 0 spiro atoms. The number of sulfonamides is 1. The number of carbonyl (C=O) groups is 1. The molecular formula is C27H29N3O4S. The normalized spacial score (nSPS) is 15.0. The number of likely N-dealkylation sites (tertiary alicyclic amines) is 1. The number of piperidine rings is 1. The van der Waals surface area contributed by atoms with Gasteiger partial charge in [-0.15, -0.1) is 0 Å². The number of ether oxygens (including phenoxy) is 1. The molecule has 0 atom stereocenters. The number of nitrogens with one attached hydrogen (secondary N) is 1. The maximum absolute atomic E-state index is 12.9. The number of nitrogens with zero attached hydrogens (tertiary/aromatic N) is 2. The highest BCUT2D eigenvalue weighted by atomic mass is 32.2. The number of hydrogen-bond donors (Lipinski definition) is 1. The molecule has 4 rings (SSSR count). The van der Waals surface area contributed by atoms with E-state index in [0.29, 0.717) is 37.2 Å². The van der Waals surface area contributed by atoms with Gasteiger partial charge in [-0.05, 0) is 42.5 Å². The van der Waals surface area contributed by atoms with E-state index in [1.165, 1.54) is 0 Å². The Labute approximate surface area is 206 Å². The summed E-state index contributed by atoms with van der Waals surface area (Å²) in [6.07, 6.45) is 0.964. The largest absolute Gasteiger partial charge is 0.445 e. The van der Waals surface area contributed by atoms with E-state index in [1.807, 2.05) is 60.7 Å². The molecule has 1 N–H and O–H groups in total. The molecule has 1 aliphatic rings. The van der Waals surface area contributed by atoms with E-state index in [9.17, 15) is 13.2 Å². The van der Waals surface area contributed by atoms with Gasteiger partial charge in [0.2, 0.25) is 0 Å². The molecular weight excluding hydrogens is 462 g/mol. The van der Waals surface area contributed by atoms with E-state index in [2.05, 4.69) is 9.93 Å². The van der Waals surface area contributed by atoms with Crippen molar-refractivity contribution in [1.29, 1.82) is 0 Å². The van der Waals surface area contributed by atoms with Gasteiger partial charge in [0.1, 0.15) is 6.61 Å². The van der Waals surface area contributed by atoms with E-state index < -0.39 is 10.0 Å². The highest BCUT2D eigenvalue weighted by Gasteiger charge is 2.28. The second kappa shape index (κ2) is 11.2. The number of hydrazone groups is 1. The van der Waals surface area contributed by atoms with Crippen LogP contribution in [0.5, 0.6) is 0 Å². The third-order valence-corrected chi connectivity index (χ3v) is 7.45. The maximum atomic E-state index is 12.9. The van der Waals surface area contributed by atoms with Crippen LogP contribution in [0.3, 0.4) is 0 Å². The summed E-state index contributed by atoms with van der Waals surface area (Å²) in [4.78, 5) is 16.9. The number of rotatable bonds is 7. The van der Waals surface area contributed by atoms with Gasteiger partial charge in [0.05, 0.1) is 10.6 Å².